The molecule has 0 aromatic rings. The molecule has 0 fully saturated rings. The average molecular weight is 1050 g/mol. The zero-order valence-corrected chi connectivity index (χ0v) is 43.1. The van der Waals surface area contributed by atoms with E-state index < -0.39 is 157 Å². The maximum absolute atomic E-state index is 13.7. The molecule has 0 aromatic heterocycles. The molecule has 0 saturated heterocycles. The van der Waals surface area contributed by atoms with E-state index in [1.165, 1.54) is 0 Å². The Morgan fingerprint density at radius 3 is 1.51 bits per heavy atom. The summed E-state index contributed by atoms with van der Waals surface area (Å²) in [5.74, 6) is -12.4. The van der Waals surface area contributed by atoms with E-state index in [0.717, 1.165) is 0 Å². The third kappa shape index (κ3) is 24.3. The van der Waals surface area contributed by atoms with Crippen LogP contribution in [0.2, 0.25) is 0 Å². The summed E-state index contributed by atoms with van der Waals surface area (Å²) in [6.07, 6.45) is 0.501. The van der Waals surface area contributed by atoms with Crippen molar-refractivity contribution in [2.75, 3.05) is 37.0 Å². The first kappa shape index (κ1) is 65.1. The van der Waals surface area contributed by atoms with Crippen molar-refractivity contribution in [3.05, 3.63) is 0 Å². The van der Waals surface area contributed by atoms with Crippen LogP contribution in [0, 0.1) is 17.8 Å². The number of hydrogen-bond acceptors (Lipinski definition) is 17. The highest BCUT2D eigenvalue weighted by molar-refractivity contribution is 7.80. The molecule has 70 heavy (non-hydrogen) atoms. The fourth-order valence-corrected chi connectivity index (χ4v) is 6.96. The second-order valence-corrected chi connectivity index (χ2v) is 18.4. The van der Waals surface area contributed by atoms with Crippen molar-refractivity contribution in [3.63, 3.8) is 0 Å². The Hall–Kier alpha value is -4.90. The number of aliphatic hydroxyl groups excluding tert-OH is 1. The van der Waals surface area contributed by atoms with Gasteiger partial charge in [0.25, 0.3) is 0 Å². The van der Waals surface area contributed by atoms with Crippen LogP contribution >= 0.6 is 37.9 Å². The minimum atomic E-state index is -1.61. The Balaban J connectivity index is 5.88. The van der Waals surface area contributed by atoms with Gasteiger partial charge in [-0.25, -0.2) is 4.79 Å². The van der Waals surface area contributed by atoms with Crippen molar-refractivity contribution in [2.45, 2.75) is 141 Å². The highest BCUT2D eigenvalue weighted by Crippen LogP contribution is 2.12. The number of amides is 9. The summed E-state index contributed by atoms with van der Waals surface area (Å²) >= 11 is 12.3. The van der Waals surface area contributed by atoms with Crippen molar-refractivity contribution in [3.8, 4) is 0 Å². The molecule has 0 unspecified atom stereocenters. The Morgan fingerprint density at radius 2 is 1.03 bits per heavy atom. The molecule has 0 saturated carbocycles. The predicted molar refractivity (Wildman–Crippen MR) is 266 cm³/mol. The van der Waals surface area contributed by atoms with Crippen LogP contribution in [0.1, 0.15) is 86.5 Å². The summed E-state index contributed by atoms with van der Waals surface area (Å²) in [5, 5.41) is 50.5. The molecule has 0 heterocycles. The Morgan fingerprint density at radius 1 is 0.543 bits per heavy atom. The van der Waals surface area contributed by atoms with Gasteiger partial charge < -0.3 is 74.6 Å². The van der Waals surface area contributed by atoms with Crippen LogP contribution in [-0.4, -0.2) is 172 Å². The molecule has 0 spiro atoms. The lowest BCUT2D eigenvalue weighted by atomic mass is 9.97. The number of carboxylic acid groups (broad SMARTS) is 2. The molecule has 0 aliphatic carbocycles. The van der Waals surface area contributed by atoms with E-state index in [4.69, 9.17) is 11.5 Å². The Labute approximate surface area is 424 Å². The van der Waals surface area contributed by atoms with Crippen LogP contribution in [0.3, 0.4) is 0 Å². The van der Waals surface area contributed by atoms with E-state index in [9.17, 15) is 68.1 Å². The van der Waals surface area contributed by atoms with E-state index >= 15 is 0 Å². The fraction of sp³-hybridized carbons (Fsp3) is 0.738. The van der Waals surface area contributed by atoms with Gasteiger partial charge in [0.2, 0.25) is 53.2 Å². The molecule has 0 rings (SSSR count). The third-order valence-corrected chi connectivity index (χ3v) is 11.8. The first-order chi connectivity index (χ1) is 32.8. The van der Waals surface area contributed by atoms with Crippen LogP contribution in [0.4, 0.5) is 0 Å². The highest BCUT2D eigenvalue weighted by Gasteiger charge is 2.35. The van der Waals surface area contributed by atoms with Gasteiger partial charge in [-0.1, -0.05) is 48.0 Å². The quantitative estimate of drug-likeness (QED) is 0.0212. The third-order valence-electron chi connectivity index (χ3n) is 10.6. The first-order valence-corrected chi connectivity index (χ1v) is 24.7. The number of carbonyl (C=O) groups is 11. The highest BCUT2D eigenvalue weighted by atomic mass is 32.1. The standard InChI is InChI=1S/C42H75N11O14S3/c1-7-22(6)33(53-34(58)23(44)17-68)41(65)47-24(11-12-31(56)57)36(60)49-26(14-20(2)3)37(61)51-29(19-70)39(63)50-28(18-69)35(59)45-15-30(55)46-27(16-54)38(62)52-32(21(4)5)40(64)48-25(42(66)67)10-8-9-13-43/h20-29,32-33,54,68-70H,7-19,43-44H2,1-6H3,(H,45,59)(H,46,55)(H,47,65)(H,48,64)(H,49,60)(H,50,63)(H,51,61)(H,52,62)(H,53,58)(H,56,57)(H,66,67)/t22-,23-,24-,25-,26-,27-,28-,29-,32-,33-/m0/s1. The molecule has 28 heteroatoms. The van der Waals surface area contributed by atoms with E-state index in [1.54, 1.807) is 41.5 Å². The number of rotatable bonds is 35. The normalized spacial score (nSPS) is 15.5. The lowest BCUT2D eigenvalue weighted by Crippen LogP contribution is -2.61. The van der Waals surface area contributed by atoms with Gasteiger partial charge in [-0.15, -0.1) is 0 Å². The van der Waals surface area contributed by atoms with Crippen molar-refractivity contribution in [1.29, 1.82) is 0 Å². The van der Waals surface area contributed by atoms with Crippen molar-refractivity contribution < 1.29 is 68.1 Å². The molecular weight excluding hydrogens is 979 g/mol. The second kappa shape index (κ2) is 34.4. The molecule has 0 aromatic carbocycles. The number of aliphatic hydroxyl groups is 1. The zero-order valence-electron chi connectivity index (χ0n) is 40.4. The molecule has 16 N–H and O–H groups in total. The largest absolute Gasteiger partial charge is 0.481 e. The number of aliphatic carboxylic acids is 2. The average Bonchev–Trinajstić information content (AvgIpc) is 3.30. The van der Waals surface area contributed by atoms with Gasteiger partial charge >= 0.3 is 11.9 Å². The summed E-state index contributed by atoms with van der Waals surface area (Å²) in [7, 11) is 0. The fourth-order valence-electron chi connectivity index (χ4n) is 6.28. The molecule has 25 nitrogen and oxygen atoms in total. The van der Waals surface area contributed by atoms with Crippen LogP contribution in [0.25, 0.3) is 0 Å². The summed E-state index contributed by atoms with van der Waals surface area (Å²) < 4.78 is 0. The second-order valence-electron chi connectivity index (χ2n) is 17.3. The molecular formula is C42H75N11O14S3. The lowest BCUT2D eigenvalue weighted by Gasteiger charge is -2.29. The van der Waals surface area contributed by atoms with Gasteiger partial charge in [-0.05, 0) is 56.4 Å². The van der Waals surface area contributed by atoms with E-state index in [-0.39, 0.29) is 36.0 Å². The number of hydrogen-bond donors (Lipinski definition) is 17. The smallest absolute Gasteiger partial charge is 0.326 e. The van der Waals surface area contributed by atoms with Crippen molar-refractivity contribution >= 4 is 103 Å². The van der Waals surface area contributed by atoms with E-state index in [0.29, 0.717) is 25.8 Å². The summed E-state index contributed by atoms with van der Waals surface area (Å²) in [6, 6.07) is -12.0. The summed E-state index contributed by atoms with van der Waals surface area (Å²) in [6.45, 7) is 8.69. The number of nitrogens with one attached hydrogen (secondary N) is 9. The van der Waals surface area contributed by atoms with Gasteiger partial charge in [0.15, 0.2) is 0 Å². The summed E-state index contributed by atoms with van der Waals surface area (Å²) in [5.41, 5.74) is 11.2. The van der Waals surface area contributed by atoms with Gasteiger partial charge in [0, 0.05) is 23.7 Å². The van der Waals surface area contributed by atoms with Gasteiger partial charge in [0.05, 0.1) is 19.2 Å². The first-order valence-electron chi connectivity index (χ1n) is 22.9. The zero-order chi connectivity index (χ0) is 53.8. The molecule has 0 radical (unpaired) electrons. The number of carboxylic acids is 2. The van der Waals surface area contributed by atoms with Crippen LogP contribution in [-0.2, 0) is 52.7 Å². The predicted octanol–water partition coefficient (Wildman–Crippen LogP) is -4.08. The Kier molecular flexibility index (Phi) is 32.0. The number of nitrogens with two attached hydrogens (primary N) is 2. The number of unbranched alkanes of at least 4 members (excludes halogenated alkanes) is 1. The molecule has 0 bridgehead atoms. The maximum Gasteiger partial charge on any atom is 0.326 e. The Bertz CT molecular complexity index is 1780. The van der Waals surface area contributed by atoms with E-state index in [1.807, 2.05) is 0 Å². The molecule has 9 amide bonds. The molecule has 0 aliphatic rings. The summed E-state index contributed by atoms with van der Waals surface area (Å²) in [4.78, 5) is 142. The number of thiol groups is 3. The molecule has 10 atom stereocenters. The maximum atomic E-state index is 13.7. The SMILES string of the molecule is CC[C@H](C)[C@H](NC(=O)[C@@H](N)CS)C(=O)N[C@@H](CCC(=O)O)C(=O)N[C@@H](CC(C)C)C(=O)N[C@@H](CS)C(=O)N[C@@H](CS)C(=O)NCC(=O)N[C@@H](CO)C(=O)N[C@H](C(=O)N[C@@H](CCCCN)C(=O)O)C(C)C. The van der Waals surface area contributed by atoms with Gasteiger partial charge in [-0.2, -0.15) is 37.9 Å². The van der Waals surface area contributed by atoms with Gasteiger partial charge in [-0.3, -0.25) is 47.9 Å². The minimum Gasteiger partial charge on any atom is -0.481 e. The van der Waals surface area contributed by atoms with Crippen LogP contribution in [0.5, 0.6) is 0 Å². The molecule has 0 aliphatic heterocycles. The molecule has 400 valence electrons. The lowest BCUT2D eigenvalue weighted by molar-refractivity contribution is -0.143. The minimum absolute atomic E-state index is 0.00456. The van der Waals surface area contributed by atoms with Crippen LogP contribution in [0.15, 0.2) is 0 Å². The van der Waals surface area contributed by atoms with E-state index in [2.05, 4.69) is 85.7 Å². The van der Waals surface area contributed by atoms with Gasteiger partial charge in [0.1, 0.15) is 48.3 Å². The monoisotopic (exact) mass is 1050 g/mol. The number of carbonyl (C=O) groups excluding carboxylic acids is 9. The van der Waals surface area contributed by atoms with Crippen LogP contribution < -0.4 is 59.3 Å². The topological polar surface area (TPSA) is 409 Å². The van der Waals surface area contributed by atoms with Crippen molar-refractivity contribution in [1.82, 2.24) is 47.9 Å². The van der Waals surface area contributed by atoms with Crippen molar-refractivity contribution in [2.24, 2.45) is 29.2 Å².